The lowest BCUT2D eigenvalue weighted by Gasteiger charge is -2.12. The van der Waals surface area contributed by atoms with Crippen LogP contribution >= 0.6 is 11.8 Å². The van der Waals surface area contributed by atoms with Gasteiger partial charge in [-0.2, -0.15) is 0 Å². The number of carbonyl (C=O) groups excluding carboxylic acids is 2. The van der Waals surface area contributed by atoms with E-state index in [1.165, 1.54) is 36.0 Å². The van der Waals surface area contributed by atoms with Crippen molar-refractivity contribution >= 4 is 35.0 Å². The average molecular weight is 533 g/mol. The van der Waals surface area contributed by atoms with E-state index in [0.717, 1.165) is 11.3 Å². The Morgan fingerprint density at radius 3 is 2.45 bits per heavy atom. The fraction of sp³-hybridized carbons (Fsp3) is 0.154. The van der Waals surface area contributed by atoms with Crippen molar-refractivity contribution in [2.24, 2.45) is 0 Å². The molecule has 4 aromatic rings. The number of aryl methyl sites for hydroxylation is 1. The van der Waals surface area contributed by atoms with E-state index >= 15 is 0 Å². The van der Waals surface area contributed by atoms with Gasteiger partial charge in [0, 0.05) is 29.1 Å². The minimum absolute atomic E-state index is 0.0510. The number of nitrogens with one attached hydrogen (secondary N) is 2. The van der Waals surface area contributed by atoms with Gasteiger partial charge in [-0.15, -0.1) is 10.2 Å². The molecule has 2 amide bonds. The second-order valence-corrected chi connectivity index (χ2v) is 9.07. The van der Waals surface area contributed by atoms with Gasteiger partial charge in [0.25, 0.3) is 11.6 Å². The van der Waals surface area contributed by atoms with Crippen molar-refractivity contribution in [2.75, 3.05) is 18.2 Å². The zero-order valence-corrected chi connectivity index (χ0v) is 21.4. The van der Waals surface area contributed by atoms with Gasteiger partial charge in [0.15, 0.2) is 11.0 Å². The maximum atomic E-state index is 12.6. The van der Waals surface area contributed by atoms with Gasteiger partial charge >= 0.3 is 0 Å². The fourth-order valence-electron chi connectivity index (χ4n) is 3.53. The lowest BCUT2D eigenvalue weighted by Crippen LogP contribution is -2.24. The van der Waals surface area contributed by atoms with Gasteiger partial charge in [-0.25, -0.2) is 0 Å². The quantitative estimate of drug-likeness (QED) is 0.176. The molecular weight excluding hydrogens is 508 g/mol. The number of hydrogen-bond acceptors (Lipinski definition) is 8. The first-order valence-electron chi connectivity index (χ1n) is 11.4. The van der Waals surface area contributed by atoms with Gasteiger partial charge in [0.2, 0.25) is 5.91 Å². The smallest absolute Gasteiger partial charge is 0.269 e. The van der Waals surface area contributed by atoms with Crippen LogP contribution in [0.4, 0.5) is 11.4 Å². The standard InChI is InChI=1S/C26H24N6O5S/c1-17-4-3-5-21(14-17)31-23(15-27-25(34)18-6-10-20(11-7-18)32(35)36)29-30-26(31)38-16-24(33)28-19-8-12-22(37-2)13-9-19/h3-14H,15-16H2,1-2H3,(H,27,34)(H,28,33). The number of nitro benzene ring substituents is 1. The van der Waals surface area contributed by atoms with Gasteiger partial charge in [0.05, 0.1) is 24.3 Å². The molecule has 0 unspecified atom stereocenters. The Morgan fingerprint density at radius 1 is 1.05 bits per heavy atom. The molecule has 0 bridgehead atoms. The SMILES string of the molecule is COc1ccc(NC(=O)CSc2nnc(CNC(=O)c3ccc([N+](=O)[O-])cc3)n2-c2cccc(C)c2)cc1. The third-order valence-electron chi connectivity index (χ3n) is 5.41. The number of non-ortho nitro benzene ring substituents is 1. The molecule has 0 saturated carbocycles. The summed E-state index contributed by atoms with van der Waals surface area (Å²) < 4.78 is 6.92. The summed E-state index contributed by atoms with van der Waals surface area (Å²) in [5.74, 6) is 0.616. The number of anilines is 1. The number of aromatic nitrogens is 3. The number of nitro groups is 1. The highest BCUT2D eigenvalue weighted by molar-refractivity contribution is 7.99. The van der Waals surface area contributed by atoms with Gasteiger partial charge in [-0.1, -0.05) is 23.9 Å². The topological polar surface area (TPSA) is 141 Å². The summed E-state index contributed by atoms with van der Waals surface area (Å²) >= 11 is 1.21. The molecule has 0 radical (unpaired) electrons. The summed E-state index contributed by atoms with van der Waals surface area (Å²) in [5.41, 5.74) is 2.63. The maximum Gasteiger partial charge on any atom is 0.269 e. The molecule has 0 spiro atoms. The highest BCUT2D eigenvalue weighted by Gasteiger charge is 2.18. The van der Waals surface area contributed by atoms with Gasteiger partial charge in [0.1, 0.15) is 5.75 Å². The monoisotopic (exact) mass is 532 g/mol. The van der Waals surface area contributed by atoms with E-state index in [1.54, 1.807) is 35.9 Å². The van der Waals surface area contributed by atoms with Gasteiger partial charge in [-0.3, -0.25) is 24.3 Å². The minimum Gasteiger partial charge on any atom is -0.497 e. The van der Waals surface area contributed by atoms with Crippen molar-refractivity contribution in [3.8, 4) is 11.4 Å². The van der Waals surface area contributed by atoms with Crippen molar-refractivity contribution < 1.29 is 19.2 Å². The first kappa shape index (κ1) is 26.4. The summed E-state index contributed by atoms with van der Waals surface area (Å²) in [6, 6.07) is 20.0. The zero-order valence-electron chi connectivity index (χ0n) is 20.6. The molecule has 0 atom stereocenters. The highest BCUT2D eigenvalue weighted by Crippen LogP contribution is 2.24. The Bertz CT molecular complexity index is 1450. The first-order valence-corrected chi connectivity index (χ1v) is 12.4. The number of methoxy groups -OCH3 is 1. The zero-order chi connectivity index (χ0) is 27.1. The Kier molecular flexibility index (Phi) is 8.34. The molecule has 2 N–H and O–H groups in total. The first-order chi connectivity index (χ1) is 18.3. The largest absolute Gasteiger partial charge is 0.497 e. The van der Waals surface area contributed by atoms with Crippen LogP contribution in [-0.2, 0) is 11.3 Å². The second kappa shape index (κ2) is 12.0. The third-order valence-corrected chi connectivity index (χ3v) is 6.34. The number of rotatable bonds is 10. The van der Waals surface area contributed by atoms with E-state index in [4.69, 9.17) is 4.74 Å². The van der Waals surface area contributed by atoms with Crippen LogP contribution in [0.25, 0.3) is 5.69 Å². The van der Waals surface area contributed by atoms with E-state index in [2.05, 4.69) is 20.8 Å². The molecular formula is C26H24N6O5S. The Labute approximate surface area is 222 Å². The number of ether oxygens (including phenoxy) is 1. The molecule has 38 heavy (non-hydrogen) atoms. The summed E-state index contributed by atoms with van der Waals surface area (Å²) in [6.07, 6.45) is 0. The van der Waals surface area contributed by atoms with Crippen LogP contribution in [0.2, 0.25) is 0 Å². The lowest BCUT2D eigenvalue weighted by molar-refractivity contribution is -0.384. The highest BCUT2D eigenvalue weighted by atomic mass is 32.2. The van der Waals surface area contributed by atoms with Gasteiger partial charge in [-0.05, 0) is 61.0 Å². The molecule has 3 aromatic carbocycles. The lowest BCUT2D eigenvalue weighted by atomic mass is 10.2. The number of benzene rings is 3. The van der Waals surface area contributed by atoms with E-state index in [1.807, 2.05) is 31.2 Å². The second-order valence-electron chi connectivity index (χ2n) is 8.13. The van der Waals surface area contributed by atoms with Crippen LogP contribution in [0.1, 0.15) is 21.7 Å². The summed E-state index contributed by atoms with van der Waals surface area (Å²) in [4.78, 5) is 35.5. The van der Waals surface area contributed by atoms with Gasteiger partial charge < -0.3 is 15.4 Å². The minimum atomic E-state index is -0.525. The molecule has 0 aliphatic heterocycles. The van der Waals surface area contributed by atoms with Crippen molar-refractivity contribution in [3.63, 3.8) is 0 Å². The van der Waals surface area contributed by atoms with Crippen LogP contribution in [0.15, 0.2) is 78.0 Å². The van der Waals surface area contributed by atoms with Crippen LogP contribution < -0.4 is 15.4 Å². The number of amides is 2. The normalized spacial score (nSPS) is 10.6. The summed E-state index contributed by atoms with van der Waals surface area (Å²) in [7, 11) is 1.57. The van der Waals surface area contributed by atoms with Crippen LogP contribution in [-0.4, -0.2) is 44.4 Å². The molecule has 0 aliphatic rings. The fourth-order valence-corrected chi connectivity index (χ4v) is 4.30. The van der Waals surface area contributed by atoms with Crippen LogP contribution in [0.5, 0.6) is 5.75 Å². The molecule has 0 fully saturated rings. The van der Waals surface area contributed by atoms with Crippen LogP contribution in [0, 0.1) is 17.0 Å². The maximum absolute atomic E-state index is 12.6. The molecule has 0 aliphatic carbocycles. The predicted octanol–water partition coefficient (Wildman–Crippen LogP) is 4.15. The average Bonchev–Trinajstić information content (AvgIpc) is 3.34. The number of thioether (sulfide) groups is 1. The molecule has 194 valence electrons. The molecule has 0 saturated heterocycles. The summed E-state index contributed by atoms with van der Waals surface area (Å²) in [5, 5.41) is 25.5. The molecule has 11 nitrogen and oxygen atoms in total. The van der Waals surface area contributed by atoms with Crippen molar-refractivity contribution in [3.05, 3.63) is 99.9 Å². The summed E-state index contributed by atoms with van der Waals surface area (Å²) in [6.45, 7) is 2.01. The number of hydrogen-bond donors (Lipinski definition) is 2. The van der Waals surface area contributed by atoms with Crippen molar-refractivity contribution in [2.45, 2.75) is 18.6 Å². The van der Waals surface area contributed by atoms with E-state index in [0.29, 0.717) is 22.4 Å². The molecule has 1 heterocycles. The predicted molar refractivity (Wildman–Crippen MR) is 143 cm³/mol. The van der Waals surface area contributed by atoms with Crippen molar-refractivity contribution in [1.82, 2.24) is 20.1 Å². The Morgan fingerprint density at radius 2 is 1.79 bits per heavy atom. The Hall–Kier alpha value is -4.71. The van der Waals surface area contributed by atoms with Crippen molar-refractivity contribution in [1.29, 1.82) is 0 Å². The number of nitrogens with zero attached hydrogens (tertiary/aromatic N) is 4. The van der Waals surface area contributed by atoms with E-state index in [9.17, 15) is 19.7 Å². The molecule has 1 aromatic heterocycles. The molecule has 4 rings (SSSR count). The Balaban J connectivity index is 1.48. The number of carbonyl (C=O) groups is 2. The van der Waals surface area contributed by atoms with E-state index < -0.39 is 10.8 Å². The van der Waals surface area contributed by atoms with E-state index in [-0.39, 0.29) is 29.5 Å². The molecule has 12 heteroatoms. The van der Waals surface area contributed by atoms with Crippen LogP contribution in [0.3, 0.4) is 0 Å². The third kappa shape index (κ3) is 6.53.